The Hall–Kier alpha value is -1.13. The predicted octanol–water partition coefficient (Wildman–Crippen LogP) is 4.69. The lowest BCUT2D eigenvalue weighted by Crippen LogP contribution is -1.85. The molecule has 18 heavy (non-hydrogen) atoms. The summed E-state index contributed by atoms with van der Waals surface area (Å²) in [5, 5.41) is 0. The maximum Gasteiger partial charge on any atom is 0.150 e. The lowest BCUT2D eigenvalue weighted by atomic mass is 10.2. The molecule has 2 rings (SSSR count). The van der Waals surface area contributed by atoms with Gasteiger partial charge in [-0.3, -0.25) is 4.79 Å². The summed E-state index contributed by atoms with van der Waals surface area (Å²) < 4.78 is 13.7. The number of benzene rings is 2. The van der Waals surface area contributed by atoms with Gasteiger partial charge in [-0.15, -0.1) is 11.8 Å². The van der Waals surface area contributed by atoms with Gasteiger partial charge in [-0.1, -0.05) is 34.1 Å². The van der Waals surface area contributed by atoms with Gasteiger partial charge in [0.15, 0.2) is 0 Å². The van der Waals surface area contributed by atoms with Gasteiger partial charge in [0.05, 0.1) is 0 Å². The third-order valence-corrected chi connectivity index (χ3v) is 4.22. The van der Waals surface area contributed by atoms with Crippen molar-refractivity contribution in [2.45, 2.75) is 10.6 Å². The van der Waals surface area contributed by atoms with E-state index in [2.05, 4.69) is 15.9 Å². The molecular weight excluding hydrogens is 315 g/mol. The SMILES string of the molecule is O=Cc1ccc(SCc2ccc(F)cc2Br)cc1. The van der Waals surface area contributed by atoms with E-state index < -0.39 is 0 Å². The summed E-state index contributed by atoms with van der Waals surface area (Å²) in [6.45, 7) is 0. The molecule has 1 nitrogen and oxygen atoms in total. The first-order chi connectivity index (χ1) is 8.69. The van der Waals surface area contributed by atoms with Crippen molar-refractivity contribution < 1.29 is 9.18 Å². The zero-order valence-electron chi connectivity index (χ0n) is 9.40. The van der Waals surface area contributed by atoms with Crippen LogP contribution < -0.4 is 0 Å². The molecule has 0 aliphatic rings. The number of aldehydes is 1. The van der Waals surface area contributed by atoms with E-state index in [0.717, 1.165) is 27.0 Å². The number of rotatable bonds is 4. The van der Waals surface area contributed by atoms with Crippen LogP contribution >= 0.6 is 27.7 Å². The number of hydrogen-bond acceptors (Lipinski definition) is 2. The minimum atomic E-state index is -0.244. The highest BCUT2D eigenvalue weighted by molar-refractivity contribution is 9.10. The van der Waals surface area contributed by atoms with Crippen LogP contribution in [0.3, 0.4) is 0 Å². The Morgan fingerprint density at radius 2 is 1.89 bits per heavy atom. The Morgan fingerprint density at radius 1 is 1.17 bits per heavy atom. The lowest BCUT2D eigenvalue weighted by Gasteiger charge is -2.05. The lowest BCUT2D eigenvalue weighted by molar-refractivity contribution is 0.112. The predicted molar refractivity (Wildman–Crippen MR) is 75.5 cm³/mol. The third kappa shape index (κ3) is 3.43. The molecule has 0 radical (unpaired) electrons. The van der Waals surface area contributed by atoms with Crippen LogP contribution in [0.4, 0.5) is 4.39 Å². The minimum Gasteiger partial charge on any atom is -0.298 e. The molecule has 2 aromatic rings. The van der Waals surface area contributed by atoms with Crippen molar-refractivity contribution in [3.8, 4) is 0 Å². The van der Waals surface area contributed by atoms with Gasteiger partial charge in [-0.2, -0.15) is 0 Å². The van der Waals surface area contributed by atoms with E-state index in [-0.39, 0.29) is 5.82 Å². The van der Waals surface area contributed by atoms with Crippen LogP contribution in [0.15, 0.2) is 51.8 Å². The molecule has 0 heterocycles. The molecule has 2 aromatic carbocycles. The van der Waals surface area contributed by atoms with Gasteiger partial charge in [0.1, 0.15) is 12.1 Å². The highest BCUT2D eigenvalue weighted by atomic mass is 79.9. The van der Waals surface area contributed by atoms with Crippen molar-refractivity contribution >= 4 is 34.0 Å². The standard InChI is InChI=1S/C14H10BrFOS/c15-14-7-12(16)4-3-11(14)9-18-13-5-1-10(8-17)2-6-13/h1-8H,9H2. The van der Waals surface area contributed by atoms with Gasteiger partial charge < -0.3 is 0 Å². The molecule has 0 bridgehead atoms. The van der Waals surface area contributed by atoms with E-state index >= 15 is 0 Å². The fraction of sp³-hybridized carbons (Fsp3) is 0.0714. The van der Waals surface area contributed by atoms with Crippen LogP contribution in [0.25, 0.3) is 0 Å². The first-order valence-electron chi connectivity index (χ1n) is 5.31. The molecule has 0 aliphatic carbocycles. The fourth-order valence-corrected chi connectivity index (χ4v) is 3.02. The molecule has 92 valence electrons. The Balaban J connectivity index is 2.04. The molecule has 0 unspecified atom stereocenters. The van der Waals surface area contributed by atoms with E-state index in [0.29, 0.717) is 5.56 Å². The van der Waals surface area contributed by atoms with Crippen LogP contribution in [0.1, 0.15) is 15.9 Å². The number of hydrogen-bond donors (Lipinski definition) is 0. The van der Waals surface area contributed by atoms with Crippen LogP contribution in [0.2, 0.25) is 0 Å². The Kier molecular flexibility index (Phi) is 4.55. The number of thioether (sulfide) groups is 1. The molecule has 0 atom stereocenters. The molecule has 0 spiro atoms. The second kappa shape index (κ2) is 6.16. The van der Waals surface area contributed by atoms with Crippen molar-refractivity contribution in [2.24, 2.45) is 0 Å². The zero-order valence-corrected chi connectivity index (χ0v) is 11.8. The van der Waals surface area contributed by atoms with Gasteiger partial charge >= 0.3 is 0 Å². The first kappa shape index (κ1) is 13.3. The van der Waals surface area contributed by atoms with Gasteiger partial charge in [-0.05, 0) is 29.8 Å². The number of halogens is 2. The van der Waals surface area contributed by atoms with Gasteiger partial charge in [-0.25, -0.2) is 4.39 Å². The normalized spacial score (nSPS) is 10.3. The van der Waals surface area contributed by atoms with Crippen molar-refractivity contribution in [3.05, 3.63) is 63.9 Å². The third-order valence-electron chi connectivity index (χ3n) is 2.43. The summed E-state index contributed by atoms with van der Waals surface area (Å²) in [4.78, 5) is 11.6. The van der Waals surface area contributed by atoms with Crippen molar-refractivity contribution in [3.63, 3.8) is 0 Å². The summed E-state index contributed by atoms with van der Waals surface area (Å²) >= 11 is 4.99. The fourth-order valence-electron chi connectivity index (χ4n) is 1.44. The highest BCUT2D eigenvalue weighted by Gasteiger charge is 2.02. The van der Waals surface area contributed by atoms with E-state index in [4.69, 9.17) is 0 Å². The molecule has 0 saturated carbocycles. The van der Waals surface area contributed by atoms with Crippen LogP contribution in [0, 0.1) is 5.82 Å². The smallest absolute Gasteiger partial charge is 0.150 e. The Bertz CT molecular complexity index is 554. The molecule has 4 heteroatoms. The van der Waals surface area contributed by atoms with Crippen molar-refractivity contribution in [1.82, 2.24) is 0 Å². The average Bonchev–Trinajstić information content (AvgIpc) is 2.38. The molecule has 0 fully saturated rings. The summed E-state index contributed by atoms with van der Waals surface area (Å²) in [5.41, 5.74) is 1.71. The highest BCUT2D eigenvalue weighted by Crippen LogP contribution is 2.27. The van der Waals surface area contributed by atoms with E-state index in [9.17, 15) is 9.18 Å². The van der Waals surface area contributed by atoms with Crippen LogP contribution in [-0.4, -0.2) is 6.29 Å². The van der Waals surface area contributed by atoms with Crippen molar-refractivity contribution in [2.75, 3.05) is 0 Å². The van der Waals surface area contributed by atoms with E-state index in [1.807, 2.05) is 12.1 Å². The number of carbonyl (C=O) groups excluding carboxylic acids is 1. The van der Waals surface area contributed by atoms with Crippen LogP contribution in [-0.2, 0) is 5.75 Å². The Labute approximate surface area is 118 Å². The van der Waals surface area contributed by atoms with Gasteiger partial charge in [0.2, 0.25) is 0 Å². The monoisotopic (exact) mass is 324 g/mol. The molecule has 0 N–H and O–H groups in total. The molecule has 0 aliphatic heterocycles. The molecule has 0 saturated heterocycles. The minimum absolute atomic E-state index is 0.244. The summed E-state index contributed by atoms with van der Waals surface area (Å²) in [6.07, 6.45) is 0.824. The largest absolute Gasteiger partial charge is 0.298 e. The summed E-state index contributed by atoms with van der Waals surface area (Å²) in [5.74, 6) is 0.507. The molecule has 0 aromatic heterocycles. The van der Waals surface area contributed by atoms with Gasteiger partial charge in [0.25, 0.3) is 0 Å². The maximum absolute atomic E-state index is 12.9. The summed E-state index contributed by atoms with van der Waals surface area (Å²) in [6, 6.07) is 12.1. The van der Waals surface area contributed by atoms with E-state index in [1.165, 1.54) is 12.1 Å². The maximum atomic E-state index is 12.9. The number of carbonyl (C=O) groups is 1. The summed E-state index contributed by atoms with van der Waals surface area (Å²) in [7, 11) is 0. The topological polar surface area (TPSA) is 17.1 Å². The van der Waals surface area contributed by atoms with Gasteiger partial charge in [0, 0.05) is 20.7 Å². The molecular formula is C14H10BrFOS. The zero-order chi connectivity index (χ0) is 13.0. The van der Waals surface area contributed by atoms with E-state index in [1.54, 1.807) is 30.0 Å². The van der Waals surface area contributed by atoms with Crippen molar-refractivity contribution in [1.29, 1.82) is 0 Å². The molecule has 0 amide bonds. The Morgan fingerprint density at radius 3 is 2.50 bits per heavy atom. The second-order valence-electron chi connectivity index (χ2n) is 3.71. The quantitative estimate of drug-likeness (QED) is 0.599. The second-order valence-corrected chi connectivity index (χ2v) is 5.61. The van der Waals surface area contributed by atoms with Crippen LogP contribution in [0.5, 0.6) is 0 Å². The first-order valence-corrected chi connectivity index (χ1v) is 7.09. The average molecular weight is 325 g/mol.